The number of esters is 1. The molecule has 136 valence electrons. The highest BCUT2D eigenvalue weighted by atomic mass is 35.5. The van der Waals surface area contributed by atoms with Crippen LogP contribution in [0.2, 0.25) is 10.3 Å². The molecule has 0 spiro atoms. The fraction of sp³-hybridized carbons (Fsp3) is 0.278. The number of methoxy groups -OCH3 is 2. The second kappa shape index (κ2) is 6.78. The molecule has 0 bridgehead atoms. The molecule has 0 unspecified atom stereocenters. The molecule has 26 heavy (non-hydrogen) atoms. The van der Waals surface area contributed by atoms with Crippen LogP contribution in [0.25, 0.3) is 16.7 Å². The van der Waals surface area contributed by atoms with Gasteiger partial charge in [0.1, 0.15) is 27.4 Å². The van der Waals surface area contributed by atoms with Crippen LogP contribution in [0.1, 0.15) is 27.3 Å². The van der Waals surface area contributed by atoms with E-state index in [2.05, 4.69) is 9.97 Å². The molecular weight excluding hydrogens is 377 g/mol. The lowest BCUT2D eigenvalue weighted by Gasteiger charge is -2.16. The lowest BCUT2D eigenvalue weighted by Crippen LogP contribution is -2.05. The van der Waals surface area contributed by atoms with Crippen molar-refractivity contribution in [3.8, 4) is 11.4 Å². The predicted octanol–water partition coefficient (Wildman–Crippen LogP) is 4.45. The predicted molar refractivity (Wildman–Crippen MR) is 101 cm³/mol. The summed E-state index contributed by atoms with van der Waals surface area (Å²) >= 11 is 12.9. The molecule has 0 saturated heterocycles. The zero-order valence-corrected chi connectivity index (χ0v) is 16.5. The third-order valence-electron chi connectivity index (χ3n) is 4.24. The van der Waals surface area contributed by atoms with Gasteiger partial charge in [-0.25, -0.2) is 14.8 Å². The molecule has 0 amide bonds. The summed E-state index contributed by atoms with van der Waals surface area (Å²) in [5.74, 6) is 0.554. The number of aryl methyl sites for hydroxylation is 2. The van der Waals surface area contributed by atoms with E-state index in [4.69, 9.17) is 32.7 Å². The van der Waals surface area contributed by atoms with Crippen molar-refractivity contribution in [1.29, 1.82) is 0 Å². The Morgan fingerprint density at radius 1 is 1.12 bits per heavy atom. The lowest BCUT2D eigenvalue weighted by molar-refractivity contribution is 0.0603. The van der Waals surface area contributed by atoms with Gasteiger partial charge in [-0.1, -0.05) is 29.3 Å². The topological polar surface area (TPSA) is 66.2 Å². The van der Waals surface area contributed by atoms with Crippen molar-refractivity contribution in [2.75, 3.05) is 14.2 Å². The highest BCUT2D eigenvalue weighted by Gasteiger charge is 2.28. The number of benzene rings is 1. The van der Waals surface area contributed by atoms with Crippen molar-refractivity contribution in [1.82, 2.24) is 14.5 Å². The summed E-state index contributed by atoms with van der Waals surface area (Å²) in [6, 6.07) is 3.79. The van der Waals surface area contributed by atoms with Gasteiger partial charge in [-0.3, -0.25) is 4.57 Å². The van der Waals surface area contributed by atoms with Crippen LogP contribution < -0.4 is 4.74 Å². The SMILES string of the molecule is COC(=O)c1c(Cl)n(-c2c(C)ccc(OC)c2C)c2nc(C)nc(Cl)c12. The Morgan fingerprint density at radius 2 is 1.81 bits per heavy atom. The van der Waals surface area contributed by atoms with Crippen molar-refractivity contribution in [2.24, 2.45) is 0 Å². The van der Waals surface area contributed by atoms with Gasteiger partial charge in [0.25, 0.3) is 0 Å². The number of hydrogen-bond acceptors (Lipinski definition) is 5. The van der Waals surface area contributed by atoms with E-state index in [-0.39, 0.29) is 15.9 Å². The molecule has 0 atom stereocenters. The molecule has 0 radical (unpaired) electrons. The second-order valence-electron chi connectivity index (χ2n) is 5.81. The standard InChI is InChI=1S/C18H17Cl2N3O3/c1-8-6-7-11(25-4)9(2)14(8)23-16(20)13(18(24)26-5)12-15(19)21-10(3)22-17(12)23/h6-7H,1-5H3. The van der Waals surface area contributed by atoms with Crippen LogP contribution in [0.3, 0.4) is 0 Å². The number of fused-ring (bicyclic) bond motifs is 1. The summed E-state index contributed by atoms with van der Waals surface area (Å²) in [5.41, 5.74) is 3.13. The van der Waals surface area contributed by atoms with Crippen LogP contribution in [0, 0.1) is 20.8 Å². The fourth-order valence-corrected chi connectivity index (χ4v) is 3.72. The van der Waals surface area contributed by atoms with E-state index in [0.29, 0.717) is 22.6 Å². The van der Waals surface area contributed by atoms with Crippen LogP contribution in [0.5, 0.6) is 5.75 Å². The minimum atomic E-state index is -0.605. The van der Waals surface area contributed by atoms with Crippen LogP contribution in [0.15, 0.2) is 12.1 Å². The minimum Gasteiger partial charge on any atom is -0.496 e. The first-order valence-corrected chi connectivity index (χ1v) is 8.54. The molecule has 0 aliphatic heterocycles. The largest absolute Gasteiger partial charge is 0.496 e. The Labute approximate surface area is 160 Å². The lowest BCUT2D eigenvalue weighted by atomic mass is 10.1. The van der Waals surface area contributed by atoms with E-state index < -0.39 is 5.97 Å². The molecule has 6 nitrogen and oxygen atoms in total. The van der Waals surface area contributed by atoms with Crippen LogP contribution in [0.4, 0.5) is 0 Å². The molecule has 8 heteroatoms. The molecular formula is C18H17Cl2N3O3. The van der Waals surface area contributed by atoms with E-state index in [1.165, 1.54) is 7.11 Å². The highest BCUT2D eigenvalue weighted by Crippen LogP contribution is 2.39. The Balaban J connectivity index is 2.53. The number of ether oxygens (including phenoxy) is 2. The highest BCUT2D eigenvalue weighted by molar-refractivity contribution is 6.39. The van der Waals surface area contributed by atoms with E-state index in [0.717, 1.165) is 16.8 Å². The molecule has 3 aromatic rings. The van der Waals surface area contributed by atoms with Gasteiger partial charge in [0, 0.05) is 5.56 Å². The molecule has 0 N–H and O–H groups in total. The van der Waals surface area contributed by atoms with Gasteiger partial charge in [-0.05, 0) is 32.4 Å². The monoisotopic (exact) mass is 393 g/mol. The van der Waals surface area contributed by atoms with Crippen LogP contribution >= 0.6 is 23.2 Å². The van der Waals surface area contributed by atoms with Gasteiger partial charge in [0.2, 0.25) is 0 Å². The summed E-state index contributed by atoms with van der Waals surface area (Å²) in [4.78, 5) is 21.0. The summed E-state index contributed by atoms with van der Waals surface area (Å²) in [7, 11) is 2.88. The summed E-state index contributed by atoms with van der Waals surface area (Å²) in [6.45, 7) is 5.58. The normalized spacial score (nSPS) is 11.0. The molecule has 0 aliphatic rings. The molecule has 0 aliphatic carbocycles. The maximum Gasteiger partial charge on any atom is 0.341 e. The van der Waals surface area contributed by atoms with Crippen molar-refractivity contribution in [2.45, 2.75) is 20.8 Å². The van der Waals surface area contributed by atoms with Crippen molar-refractivity contribution in [3.63, 3.8) is 0 Å². The average molecular weight is 394 g/mol. The van der Waals surface area contributed by atoms with Crippen molar-refractivity contribution >= 4 is 40.2 Å². The number of carbonyl (C=O) groups excluding carboxylic acids is 1. The molecule has 1 aromatic carbocycles. The summed E-state index contributed by atoms with van der Waals surface area (Å²) in [6.07, 6.45) is 0. The Hall–Kier alpha value is -2.31. The summed E-state index contributed by atoms with van der Waals surface area (Å²) in [5, 5.41) is 0.663. The van der Waals surface area contributed by atoms with Gasteiger partial charge in [-0.15, -0.1) is 0 Å². The molecule has 0 fully saturated rings. The Kier molecular flexibility index (Phi) is 4.82. The first-order chi connectivity index (χ1) is 12.3. The minimum absolute atomic E-state index is 0.135. The van der Waals surface area contributed by atoms with Crippen LogP contribution in [-0.2, 0) is 4.74 Å². The molecule has 0 saturated carbocycles. The van der Waals surface area contributed by atoms with E-state index in [9.17, 15) is 4.79 Å². The first kappa shape index (κ1) is 18.5. The quantitative estimate of drug-likeness (QED) is 0.485. The number of carbonyl (C=O) groups is 1. The number of aromatic nitrogens is 3. The van der Waals surface area contributed by atoms with Crippen molar-refractivity contribution in [3.05, 3.63) is 45.0 Å². The summed E-state index contributed by atoms with van der Waals surface area (Å²) < 4.78 is 12.0. The number of nitrogens with zero attached hydrogens (tertiary/aromatic N) is 3. The Morgan fingerprint density at radius 3 is 2.42 bits per heavy atom. The van der Waals surface area contributed by atoms with E-state index >= 15 is 0 Å². The fourth-order valence-electron chi connectivity index (χ4n) is 3.08. The van der Waals surface area contributed by atoms with Gasteiger partial charge in [0.15, 0.2) is 5.65 Å². The average Bonchev–Trinajstić information content (AvgIpc) is 2.87. The first-order valence-electron chi connectivity index (χ1n) is 7.78. The molecule has 2 aromatic heterocycles. The third kappa shape index (κ3) is 2.70. The maximum atomic E-state index is 12.4. The van der Waals surface area contributed by atoms with E-state index in [1.807, 2.05) is 26.0 Å². The third-order valence-corrected chi connectivity index (χ3v) is 4.87. The smallest absolute Gasteiger partial charge is 0.341 e. The molecule has 2 heterocycles. The number of hydrogen-bond donors (Lipinski definition) is 0. The van der Waals surface area contributed by atoms with Crippen molar-refractivity contribution < 1.29 is 14.3 Å². The van der Waals surface area contributed by atoms with Gasteiger partial charge in [-0.2, -0.15) is 0 Å². The van der Waals surface area contributed by atoms with Gasteiger partial charge in [0.05, 0.1) is 25.3 Å². The zero-order chi connectivity index (χ0) is 19.2. The number of halogens is 2. The second-order valence-corrected chi connectivity index (χ2v) is 6.53. The maximum absolute atomic E-state index is 12.4. The Bertz CT molecular complexity index is 1040. The zero-order valence-electron chi connectivity index (χ0n) is 15.0. The molecule has 3 rings (SSSR count). The number of rotatable bonds is 3. The van der Waals surface area contributed by atoms with E-state index in [1.54, 1.807) is 18.6 Å². The van der Waals surface area contributed by atoms with Gasteiger partial charge < -0.3 is 9.47 Å². The van der Waals surface area contributed by atoms with Crippen LogP contribution in [-0.4, -0.2) is 34.7 Å². The van der Waals surface area contributed by atoms with Gasteiger partial charge >= 0.3 is 5.97 Å².